The van der Waals surface area contributed by atoms with Crippen LogP contribution in [0.2, 0.25) is 5.02 Å². The fourth-order valence-corrected chi connectivity index (χ4v) is 2.86. The van der Waals surface area contributed by atoms with Crippen LogP contribution in [0.25, 0.3) is 0 Å². The highest BCUT2D eigenvalue weighted by Gasteiger charge is 2.17. The Hall–Kier alpha value is -0.770. The van der Waals surface area contributed by atoms with E-state index in [1.165, 1.54) is 32.5 Å². The highest BCUT2D eigenvalue weighted by Crippen LogP contribution is 2.17. The molecule has 1 saturated heterocycles. The molecule has 0 bridgehead atoms. The van der Waals surface area contributed by atoms with Gasteiger partial charge in [-0.15, -0.1) is 0 Å². The van der Waals surface area contributed by atoms with Gasteiger partial charge in [0.1, 0.15) is 0 Å². The fourth-order valence-electron chi connectivity index (χ4n) is 2.74. The van der Waals surface area contributed by atoms with Crippen molar-refractivity contribution in [3.63, 3.8) is 0 Å². The van der Waals surface area contributed by atoms with Crippen LogP contribution in [0, 0.1) is 5.92 Å². The van der Waals surface area contributed by atoms with E-state index in [4.69, 9.17) is 11.6 Å². The molecule has 0 saturated carbocycles. The van der Waals surface area contributed by atoms with Crippen LogP contribution in [0.4, 0.5) is 5.69 Å². The number of nitrogens with zero attached hydrogens (tertiary/aromatic N) is 2. The molecule has 1 aliphatic heterocycles. The number of nitrogens with one attached hydrogen (secondary N) is 1. The van der Waals surface area contributed by atoms with Crippen LogP contribution < -0.4 is 5.32 Å². The Balaban J connectivity index is 1.62. The number of piperidine rings is 1. The Morgan fingerprint density at radius 1 is 1.25 bits per heavy atom. The van der Waals surface area contributed by atoms with Gasteiger partial charge < -0.3 is 15.1 Å². The average Bonchev–Trinajstić information content (AvgIpc) is 2.44. The number of likely N-dealkylation sites (tertiary alicyclic amines) is 1. The summed E-state index contributed by atoms with van der Waals surface area (Å²) < 4.78 is 0. The first-order valence-corrected chi connectivity index (χ1v) is 7.88. The molecule has 1 N–H and O–H groups in total. The molecular formula is C16H26ClN3. The zero-order valence-corrected chi connectivity index (χ0v) is 13.4. The molecule has 20 heavy (non-hydrogen) atoms. The van der Waals surface area contributed by atoms with Crippen LogP contribution in [-0.2, 0) is 0 Å². The van der Waals surface area contributed by atoms with Gasteiger partial charge in [-0.2, -0.15) is 0 Å². The molecule has 0 amide bonds. The molecule has 1 aromatic rings. The molecule has 1 aromatic carbocycles. The summed E-state index contributed by atoms with van der Waals surface area (Å²) in [6.45, 7) is 5.78. The van der Waals surface area contributed by atoms with Crippen molar-refractivity contribution >= 4 is 17.3 Å². The fraction of sp³-hybridized carbons (Fsp3) is 0.625. The van der Waals surface area contributed by atoms with E-state index in [2.05, 4.69) is 29.2 Å². The summed E-state index contributed by atoms with van der Waals surface area (Å²) in [6, 6.07) is 7.90. The quantitative estimate of drug-likeness (QED) is 0.870. The number of anilines is 1. The number of likely N-dealkylation sites (N-methyl/N-ethyl adjacent to an activating group) is 1. The summed E-state index contributed by atoms with van der Waals surface area (Å²) in [7, 11) is 4.44. The van der Waals surface area contributed by atoms with E-state index in [-0.39, 0.29) is 0 Å². The molecule has 3 nitrogen and oxygen atoms in total. The predicted molar refractivity (Wildman–Crippen MR) is 87.7 cm³/mol. The first kappa shape index (κ1) is 15.6. The van der Waals surface area contributed by atoms with E-state index >= 15 is 0 Å². The molecule has 0 aromatic heterocycles. The third-order valence-corrected chi connectivity index (χ3v) is 4.33. The Morgan fingerprint density at radius 3 is 2.55 bits per heavy atom. The van der Waals surface area contributed by atoms with E-state index in [0.29, 0.717) is 0 Å². The van der Waals surface area contributed by atoms with Crippen LogP contribution in [0.15, 0.2) is 24.3 Å². The summed E-state index contributed by atoms with van der Waals surface area (Å²) in [5, 5.41) is 4.23. The topological polar surface area (TPSA) is 18.5 Å². The van der Waals surface area contributed by atoms with Crippen molar-refractivity contribution in [1.82, 2.24) is 9.80 Å². The highest BCUT2D eigenvalue weighted by atomic mass is 35.5. The van der Waals surface area contributed by atoms with Gasteiger partial charge >= 0.3 is 0 Å². The number of halogens is 1. The van der Waals surface area contributed by atoms with Crippen molar-refractivity contribution in [2.24, 2.45) is 5.92 Å². The van der Waals surface area contributed by atoms with Crippen LogP contribution in [0.5, 0.6) is 0 Å². The van der Waals surface area contributed by atoms with Gasteiger partial charge in [-0.25, -0.2) is 0 Å². The van der Waals surface area contributed by atoms with E-state index in [0.717, 1.165) is 29.7 Å². The summed E-state index contributed by atoms with van der Waals surface area (Å²) in [5.41, 5.74) is 1.14. The highest BCUT2D eigenvalue weighted by molar-refractivity contribution is 6.30. The summed E-state index contributed by atoms with van der Waals surface area (Å²) in [6.07, 6.45) is 2.68. The molecule has 0 atom stereocenters. The largest absolute Gasteiger partial charge is 0.384 e. The molecule has 0 radical (unpaired) electrons. The van der Waals surface area contributed by atoms with Crippen molar-refractivity contribution in [2.75, 3.05) is 52.1 Å². The summed E-state index contributed by atoms with van der Waals surface area (Å²) >= 11 is 5.88. The van der Waals surface area contributed by atoms with Gasteiger partial charge in [-0.05, 0) is 70.2 Å². The lowest BCUT2D eigenvalue weighted by Gasteiger charge is -2.31. The Kier molecular flexibility index (Phi) is 6.14. The molecular weight excluding hydrogens is 270 g/mol. The molecule has 1 aliphatic rings. The molecule has 0 unspecified atom stereocenters. The third kappa shape index (κ3) is 5.31. The van der Waals surface area contributed by atoms with Gasteiger partial charge in [0, 0.05) is 30.3 Å². The smallest absolute Gasteiger partial charge is 0.0407 e. The van der Waals surface area contributed by atoms with Gasteiger partial charge in [0.15, 0.2) is 0 Å². The maximum atomic E-state index is 5.88. The number of rotatable bonds is 6. The average molecular weight is 296 g/mol. The van der Waals surface area contributed by atoms with Crippen molar-refractivity contribution in [3.05, 3.63) is 29.3 Å². The van der Waals surface area contributed by atoms with Gasteiger partial charge in [-0.1, -0.05) is 11.6 Å². The maximum absolute atomic E-state index is 5.88. The number of hydrogen-bond acceptors (Lipinski definition) is 3. The zero-order chi connectivity index (χ0) is 14.4. The minimum Gasteiger partial charge on any atom is -0.384 e. The van der Waals surface area contributed by atoms with Gasteiger partial charge in [-0.3, -0.25) is 0 Å². The number of hydrogen-bond donors (Lipinski definition) is 1. The monoisotopic (exact) mass is 295 g/mol. The van der Waals surface area contributed by atoms with Crippen LogP contribution in [0.1, 0.15) is 12.8 Å². The third-order valence-electron chi connectivity index (χ3n) is 4.07. The lowest BCUT2D eigenvalue weighted by molar-refractivity contribution is 0.178. The Morgan fingerprint density at radius 2 is 1.90 bits per heavy atom. The van der Waals surface area contributed by atoms with Crippen LogP contribution in [-0.4, -0.2) is 56.6 Å². The Labute approximate surface area is 127 Å². The molecule has 1 fully saturated rings. The SMILES string of the molecule is CN1CCC(CN(C)CCNc2ccc(Cl)cc2)CC1. The summed E-state index contributed by atoms with van der Waals surface area (Å²) in [5.74, 6) is 0.867. The van der Waals surface area contributed by atoms with Crippen LogP contribution >= 0.6 is 11.6 Å². The normalized spacial score (nSPS) is 17.6. The second-order valence-electron chi connectivity index (χ2n) is 5.94. The predicted octanol–water partition coefficient (Wildman–Crippen LogP) is 3.03. The maximum Gasteiger partial charge on any atom is 0.0407 e. The van der Waals surface area contributed by atoms with E-state index in [9.17, 15) is 0 Å². The lowest BCUT2D eigenvalue weighted by atomic mass is 9.97. The van der Waals surface area contributed by atoms with Crippen molar-refractivity contribution in [1.29, 1.82) is 0 Å². The summed E-state index contributed by atoms with van der Waals surface area (Å²) in [4.78, 5) is 4.87. The minimum atomic E-state index is 0.787. The second kappa shape index (κ2) is 7.87. The second-order valence-corrected chi connectivity index (χ2v) is 6.38. The van der Waals surface area contributed by atoms with Crippen molar-refractivity contribution < 1.29 is 0 Å². The van der Waals surface area contributed by atoms with Crippen molar-refractivity contribution in [2.45, 2.75) is 12.8 Å². The standard InChI is InChI=1S/C16H26ClN3/c1-19-10-7-14(8-11-19)13-20(2)12-9-18-16-5-3-15(17)4-6-16/h3-6,14,18H,7-13H2,1-2H3. The first-order chi connectivity index (χ1) is 9.63. The molecule has 1 heterocycles. The first-order valence-electron chi connectivity index (χ1n) is 7.50. The molecule has 2 rings (SSSR count). The Bertz CT molecular complexity index is 385. The number of benzene rings is 1. The lowest BCUT2D eigenvalue weighted by Crippen LogP contribution is -2.37. The van der Waals surface area contributed by atoms with Crippen LogP contribution in [0.3, 0.4) is 0 Å². The van der Waals surface area contributed by atoms with Gasteiger partial charge in [0.05, 0.1) is 0 Å². The molecule has 4 heteroatoms. The van der Waals surface area contributed by atoms with Crippen molar-refractivity contribution in [3.8, 4) is 0 Å². The minimum absolute atomic E-state index is 0.787. The van der Waals surface area contributed by atoms with E-state index in [1.807, 2.05) is 24.3 Å². The molecule has 112 valence electrons. The zero-order valence-electron chi connectivity index (χ0n) is 12.6. The molecule has 0 spiro atoms. The van der Waals surface area contributed by atoms with E-state index < -0.39 is 0 Å². The molecule has 0 aliphatic carbocycles. The van der Waals surface area contributed by atoms with Gasteiger partial charge in [0.2, 0.25) is 0 Å². The van der Waals surface area contributed by atoms with E-state index in [1.54, 1.807) is 0 Å². The van der Waals surface area contributed by atoms with Gasteiger partial charge in [0.25, 0.3) is 0 Å².